The fraction of sp³-hybridized carbons (Fsp3) is 0.286. The van der Waals surface area contributed by atoms with Crippen molar-refractivity contribution < 1.29 is 8.42 Å². The highest BCUT2D eigenvalue weighted by atomic mass is 32.2. The Labute approximate surface area is 133 Å². The second-order valence-electron chi connectivity index (χ2n) is 5.21. The summed E-state index contributed by atoms with van der Waals surface area (Å²) in [5, 5.41) is 10.1. The van der Waals surface area contributed by atoms with Crippen LogP contribution in [0.25, 0.3) is 5.69 Å². The van der Waals surface area contributed by atoms with Gasteiger partial charge in [0.25, 0.3) is 0 Å². The highest BCUT2D eigenvalue weighted by Gasteiger charge is 2.33. The van der Waals surface area contributed by atoms with Gasteiger partial charge in [0, 0.05) is 19.4 Å². The van der Waals surface area contributed by atoms with Crippen molar-refractivity contribution in [2.24, 2.45) is 7.05 Å². The molecular formula is C14H16N6O2S. The Hall–Kier alpha value is -2.55. The SMILES string of the molecule is Cc1ccccc1-n1ccnc1S(=O)(=O)[C@H](C)c1nnnn1C. The van der Waals surface area contributed by atoms with Gasteiger partial charge < -0.3 is 0 Å². The minimum absolute atomic E-state index is 0.0256. The molecule has 1 atom stereocenters. The molecule has 0 saturated heterocycles. The minimum atomic E-state index is -3.75. The van der Waals surface area contributed by atoms with Crippen molar-refractivity contribution in [1.82, 2.24) is 29.8 Å². The molecule has 0 aliphatic rings. The summed E-state index contributed by atoms with van der Waals surface area (Å²) in [7, 11) is -2.14. The highest BCUT2D eigenvalue weighted by Crippen LogP contribution is 2.27. The Kier molecular flexibility index (Phi) is 3.72. The number of aromatic nitrogens is 6. The van der Waals surface area contributed by atoms with Crippen LogP contribution in [0.5, 0.6) is 0 Å². The molecule has 0 amide bonds. The summed E-state index contributed by atoms with van der Waals surface area (Å²) >= 11 is 0. The Morgan fingerprint density at radius 1 is 1.22 bits per heavy atom. The average molecular weight is 332 g/mol. The van der Waals surface area contributed by atoms with E-state index in [0.717, 1.165) is 11.3 Å². The molecule has 0 saturated carbocycles. The Balaban J connectivity index is 2.11. The van der Waals surface area contributed by atoms with Crippen LogP contribution in [0.4, 0.5) is 0 Å². The van der Waals surface area contributed by atoms with Crippen LogP contribution in [0.2, 0.25) is 0 Å². The first-order valence-electron chi connectivity index (χ1n) is 6.98. The van der Waals surface area contributed by atoms with Gasteiger partial charge in [-0.15, -0.1) is 5.10 Å². The predicted molar refractivity (Wildman–Crippen MR) is 82.7 cm³/mol. The molecular weight excluding hydrogens is 316 g/mol. The number of rotatable bonds is 4. The molecule has 0 aliphatic carbocycles. The molecule has 0 N–H and O–H groups in total. The minimum Gasteiger partial charge on any atom is -0.290 e. The summed E-state index contributed by atoms with van der Waals surface area (Å²) < 4.78 is 28.8. The maximum Gasteiger partial charge on any atom is 0.232 e. The molecule has 3 rings (SSSR count). The van der Waals surface area contributed by atoms with Gasteiger partial charge in [0.15, 0.2) is 5.82 Å². The predicted octanol–water partition coefficient (Wildman–Crippen LogP) is 1.24. The number of hydrogen-bond acceptors (Lipinski definition) is 6. The Morgan fingerprint density at radius 2 is 1.96 bits per heavy atom. The lowest BCUT2D eigenvalue weighted by atomic mass is 10.2. The van der Waals surface area contributed by atoms with Gasteiger partial charge in [-0.05, 0) is 35.9 Å². The monoisotopic (exact) mass is 332 g/mol. The van der Waals surface area contributed by atoms with E-state index in [2.05, 4.69) is 20.5 Å². The van der Waals surface area contributed by atoms with Gasteiger partial charge in [-0.3, -0.25) is 4.57 Å². The summed E-state index contributed by atoms with van der Waals surface area (Å²) in [5.41, 5.74) is 1.72. The van der Waals surface area contributed by atoms with Gasteiger partial charge in [-0.2, -0.15) is 0 Å². The van der Waals surface area contributed by atoms with Crippen molar-refractivity contribution >= 4 is 9.84 Å². The summed E-state index contributed by atoms with van der Waals surface area (Å²) in [5.74, 6) is 0.268. The van der Waals surface area contributed by atoms with E-state index >= 15 is 0 Å². The van der Waals surface area contributed by atoms with E-state index in [0.29, 0.717) is 0 Å². The van der Waals surface area contributed by atoms with E-state index in [-0.39, 0.29) is 11.0 Å². The molecule has 23 heavy (non-hydrogen) atoms. The normalized spacial score (nSPS) is 13.2. The fourth-order valence-electron chi connectivity index (χ4n) is 2.39. The Bertz CT molecular complexity index is 944. The molecule has 0 spiro atoms. The zero-order chi connectivity index (χ0) is 16.6. The standard InChI is InChI=1S/C14H16N6O2S/c1-10-6-4-5-7-12(10)20-9-8-15-14(20)23(21,22)11(2)13-16-17-18-19(13)3/h4-9,11H,1-3H3/t11-/m1/s1. The number of benzene rings is 1. The molecule has 0 unspecified atom stereocenters. The van der Waals surface area contributed by atoms with Crippen LogP contribution < -0.4 is 0 Å². The molecule has 8 nitrogen and oxygen atoms in total. The molecule has 0 radical (unpaired) electrons. The van der Waals surface area contributed by atoms with E-state index < -0.39 is 15.1 Å². The molecule has 2 aromatic heterocycles. The first-order chi connectivity index (χ1) is 10.9. The zero-order valence-electron chi connectivity index (χ0n) is 12.9. The number of para-hydroxylation sites is 1. The number of sulfone groups is 1. The largest absolute Gasteiger partial charge is 0.290 e. The van der Waals surface area contributed by atoms with Crippen LogP contribution in [0.1, 0.15) is 23.6 Å². The van der Waals surface area contributed by atoms with Crippen LogP contribution >= 0.6 is 0 Å². The number of imidazole rings is 1. The smallest absolute Gasteiger partial charge is 0.232 e. The molecule has 3 aromatic rings. The lowest BCUT2D eigenvalue weighted by Gasteiger charge is -2.14. The number of nitrogens with zero attached hydrogens (tertiary/aromatic N) is 6. The lowest BCUT2D eigenvalue weighted by Crippen LogP contribution is -2.19. The lowest BCUT2D eigenvalue weighted by molar-refractivity contribution is 0.565. The van der Waals surface area contributed by atoms with Crippen LogP contribution in [-0.4, -0.2) is 38.2 Å². The van der Waals surface area contributed by atoms with E-state index in [1.807, 2.05) is 31.2 Å². The van der Waals surface area contributed by atoms with Crippen LogP contribution in [0.15, 0.2) is 41.8 Å². The molecule has 9 heteroatoms. The molecule has 1 aromatic carbocycles. The van der Waals surface area contributed by atoms with E-state index in [1.54, 1.807) is 24.7 Å². The summed E-state index contributed by atoms with van der Waals surface area (Å²) in [4.78, 5) is 4.06. The van der Waals surface area contributed by atoms with E-state index in [1.165, 1.54) is 10.9 Å². The topological polar surface area (TPSA) is 95.6 Å². The van der Waals surface area contributed by atoms with Crippen molar-refractivity contribution in [1.29, 1.82) is 0 Å². The molecule has 120 valence electrons. The average Bonchev–Trinajstić information content (AvgIpc) is 3.16. The quantitative estimate of drug-likeness (QED) is 0.713. The van der Waals surface area contributed by atoms with Gasteiger partial charge in [-0.1, -0.05) is 18.2 Å². The van der Waals surface area contributed by atoms with Crippen LogP contribution in [-0.2, 0) is 16.9 Å². The van der Waals surface area contributed by atoms with Gasteiger partial charge in [0.2, 0.25) is 15.0 Å². The summed E-state index contributed by atoms with van der Waals surface area (Å²) in [6.07, 6.45) is 3.11. The maximum atomic E-state index is 13.0. The third kappa shape index (κ3) is 2.52. The Morgan fingerprint density at radius 3 is 2.61 bits per heavy atom. The number of aryl methyl sites for hydroxylation is 2. The second kappa shape index (κ2) is 5.58. The molecule has 2 heterocycles. The number of hydrogen-bond donors (Lipinski definition) is 0. The second-order valence-corrected chi connectivity index (χ2v) is 7.38. The van der Waals surface area contributed by atoms with E-state index in [9.17, 15) is 8.42 Å². The van der Waals surface area contributed by atoms with Crippen molar-refractivity contribution in [2.75, 3.05) is 0 Å². The fourth-order valence-corrected chi connectivity index (χ4v) is 3.83. The van der Waals surface area contributed by atoms with Crippen LogP contribution in [0.3, 0.4) is 0 Å². The van der Waals surface area contributed by atoms with Gasteiger partial charge >= 0.3 is 0 Å². The van der Waals surface area contributed by atoms with Gasteiger partial charge in [-0.25, -0.2) is 18.1 Å². The summed E-state index contributed by atoms with van der Waals surface area (Å²) in [6, 6.07) is 7.53. The van der Waals surface area contributed by atoms with Crippen molar-refractivity contribution in [2.45, 2.75) is 24.3 Å². The molecule has 0 bridgehead atoms. The van der Waals surface area contributed by atoms with Crippen molar-refractivity contribution in [3.05, 3.63) is 48.0 Å². The summed E-state index contributed by atoms with van der Waals surface area (Å²) in [6.45, 7) is 3.47. The molecule has 0 fully saturated rings. The van der Waals surface area contributed by atoms with Crippen LogP contribution in [0, 0.1) is 6.92 Å². The number of tetrazole rings is 1. The van der Waals surface area contributed by atoms with Crippen molar-refractivity contribution in [3.8, 4) is 5.69 Å². The van der Waals surface area contributed by atoms with Gasteiger partial charge in [0.05, 0.1) is 5.69 Å². The highest BCUT2D eigenvalue weighted by molar-refractivity contribution is 7.91. The van der Waals surface area contributed by atoms with E-state index in [4.69, 9.17) is 0 Å². The van der Waals surface area contributed by atoms with Crippen molar-refractivity contribution in [3.63, 3.8) is 0 Å². The zero-order valence-corrected chi connectivity index (χ0v) is 13.8. The third-order valence-electron chi connectivity index (χ3n) is 3.72. The van der Waals surface area contributed by atoms with Gasteiger partial charge in [0.1, 0.15) is 5.25 Å². The first-order valence-corrected chi connectivity index (χ1v) is 8.53. The third-order valence-corrected chi connectivity index (χ3v) is 5.67. The molecule has 0 aliphatic heterocycles. The maximum absolute atomic E-state index is 13.0. The first kappa shape index (κ1) is 15.3.